The molecule has 1 aliphatic rings. The van der Waals surface area contributed by atoms with E-state index < -0.39 is 0 Å². The van der Waals surface area contributed by atoms with Crippen molar-refractivity contribution in [3.05, 3.63) is 30.3 Å². The maximum Gasteiger partial charge on any atom is 0.314 e. The van der Waals surface area contributed by atoms with Gasteiger partial charge in [0.15, 0.2) is 0 Å². The summed E-state index contributed by atoms with van der Waals surface area (Å²) in [4.78, 5) is 14.5. The number of nitrogens with zero attached hydrogens (tertiary/aromatic N) is 1. The van der Waals surface area contributed by atoms with Gasteiger partial charge in [-0.05, 0) is 25.0 Å². The van der Waals surface area contributed by atoms with Crippen molar-refractivity contribution in [3.8, 4) is 0 Å². The summed E-state index contributed by atoms with van der Waals surface area (Å²) in [6.07, 6.45) is 0. The summed E-state index contributed by atoms with van der Waals surface area (Å²) in [7, 11) is 0. The second-order valence-corrected chi connectivity index (χ2v) is 6.95. The Bertz CT molecular complexity index is 503. The van der Waals surface area contributed by atoms with Crippen LogP contribution in [0.4, 0.5) is 10.5 Å². The molecule has 0 aromatic heterocycles. The number of carbonyl (C=O) groups is 1. The van der Waals surface area contributed by atoms with Gasteiger partial charge in [0.05, 0.1) is 13.2 Å². The predicted molar refractivity (Wildman–Crippen MR) is 102 cm³/mol. The van der Waals surface area contributed by atoms with Crippen LogP contribution in [0.2, 0.25) is 0 Å². The van der Waals surface area contributed by atoms with E-state index in [1.54, 1.807) is 0 Å². The summed E-state index contributed by atoms with van der Waals surface area (Å²) in [5.41, 5.74) is 1.07. The van der Waals surface area contributed by atoms with Crippen LogP contribution in [0.15, 0.2) is 30.3 Å². The molecule has 2 amide bonds. The number of ether oxygens (including phenoxy) is 1. The second kappa shape index (κ2) is 10.3. The van der Waals surface area contributed by atoms with Crippen molar-refractivity contribution in [2.75, 3.05) is 44.7 Å². The van der Waals surface area contributed by atoms with Crippen LogP contribution in [-0.4, -0.2) is 62.4 Å². The number of amides is 2. The lowest BCUT2D eigenvalue weighted by molar-refractivity contribution is 0.0209. The Hall–Kier alpha value is -1.79. The molecule has 1 heterocycles. The van der Waals surface area contributed by atoms with Crippen molar-refractivity contribution in [2.24, 2.45) is 5.92 Å². The van der Waals surface area contributed by atoms with Crippen LogP contribution >= 0.6 is 0 Å². The molecule has 2 rings (SSSR count). The molecule has 0 saturated carbocycles. The predicted octanol–water partition coefficient (Wildman–Crippen LogP) is 2.14. The topological polar surface area (TPSA) is 65.6 Å². The van der Waals surface area contributed by atoms with Crippen molar-refractivity contribution in [1.82, 2.24) is 15.5 Å². The zero-order valence-electron chi connectivity index (χ0n) is 15.6. The lowest BCUT2D eigenvalue weighted by Crippen LogP contribution is -2.50. The zero-order valence-corrected chi connectivity index (χ0v) is 15.6. The molecule has 1 saturated heterocycles. The smallest absolute Gasteiger partial charge is 0.314 e. The van der Waals surface area contributed by atoms with E-state index >= 15 is 0 Å². The molecule has 1 aromatic rings. The number of hydrogen-bond donors (Lipinski definition) is 3. The SMILES string of the molecule is CC(C)C(CNC(=O)NCC(C)N1CCOCC1)Nc1ccccc1. The summed E-state index contributed by atoms with van der Waals surface area (Å²) in [5.74, 6) is 0.410. The molecule has 1 aromatic carbocycles. The van der Waals surface area contributed by atoms with E-state index in [2.05, 4.69) is 41.6 Å². The quantitative estimate of drug-likeness (QED) is 0.673. The van der Waals surface area contributed by atoms with E-state index in [1.807, 2.05) is 30.3 Å². The third-order valence-electron chi connectivity index (χ3n) is 4.64. The molecule has 0 aliphatic carbocycles. The fraction of sp³-hybridized carbons (Fsp3) is 0.632. The number of urea groups is 1. The molecule has 1 aliphatic heterocycles. The normalized spacial score (nSPS) is 17.8. The summed E-state index contributed by atoms with van der Waals surface area (Å²) < 4.78 is 5.36. The number of benzene rings is 1. The average molecular weight is 348 g/mol. The van der Waals surface area contributed by atoms with E-state index in [4.69, 9.17) is 4.74 Å². The van der Waals surface area contributed by atoms with E-state index in [9.17, 15) is 4.79 Å². The first-order valence-electron chi connectivity index (χ1n) is 9.21. The van der Waals surface area contributed by atoms with Gasteiger partial charge in [0.2, 0.25) is 0 Å². The second-order valence-electron chi connectivity index (χ2n) is 6.95. The Balaban J connectivity index is 1.71. The lowest BCUT2D eigenvalue weighted by Gasteiger charge is -2.32. The van der Waals surface area contributed by atoms with Crippen LogP contribution in [0, 0.1) is 5.92 Å². The van der Waals surface area contributed by atoms with Crippen LogP contribution in [0.3, 0.4) is 0 Å². The Labute approximate surface area is 151 Å². The summed E-state index contributed by atoms with van der Waals surface area (Å²) in [5, 5.41) is 9.45. The van der Waals surface area contributed by atoms with Crippen LogP contribution in [-0.2, 0) is 4.74 Å². The van der Waals surface area contributed by atoms with E-state index in [-0.39, 0.29) is 12.1 Å². The molecule has 6 nitrogen and oxygen atoms in total. The highest BCUT2D eigenvalue weighted by atomic mass is 16.5. The summed E-state index contributed by atoms with van der Waals surface area (Å²) in [6, 6.07) is 10.5. The van der Waals surface area contributed by atoms with Gasteiger partial charge in [-0.2, -0.15) is 0 Å². The molecular formula is C19H32N4O2. The first-order valence-corrected chi connectivity index (χ1v) is 9.21. The van der Waals surface area contributed by atoms with Crippen molar-refractivity contribution < 1.29 is 9.53 Å². The number of nitrogens with one attached hydrogen (secondary N) is 3. The van der Waals surface area contributed by atoms with E-state index in [1.165, 1.54) is 0 Å². The number of rotatable bonds is 8. The lowest BCUT2D eigenvalue weighted by atomic mass is 10.0. The first-order chi connectivity index (χ1) is 12.1. The highest BCUT2D eigenvalue weighted by Crippen LogP contribution is 2.11. The van der Waals surface area contributed by atoms with Crippen LogP contribution in [0.1, 0.15) is 20.8 Å². The first kappa shape index (κ1) is 19.5. The maximum atomic E-state index is 12.1. The van der Waals surface area contributed by atoms with Crippen LogP contribution < -0.4 is 16.0 Å². The molecule has 3 N–H and O–H groups in total. The molecule has 1 fully saturated rings. The van der Waals surface area contributed by atoms with Gasteiger partial charge in [0, 0.05) is 44.0 Å². The molecule has 0 radical (unpaired) electrons. The zero-order chi connectivity index (χ0) is 18.1. The van der Waals surface area contributed by atoms with Gasteiger partial charge in [-0.1, -0.05) is 32.0 Å². The summed E-state index contributed by atoms with van der Waals surface area (Å²) in [6.45, 7) is 11.1. The Morgan fingerprint density at radius 1 is 1.08 bits per heavy atom. The third-order valence-corrected chi connectivity index (χ3v) is 4.64. The van der Waals surface area contributed by atoms with E-state index in [0.29, 0.717) is 25.0 Å². The number of morpholine rings is 1. The summed E-state index contributed by atoms with van der Waals surface area (Å²) >= 11 is 0. The minimum Gasteiger partial charge on any atom is -0.380 e. The molecule has 6 heteroatoms. The highest BCUT2D eigenvalue weighted by Gasteiger charge is 2.18. The number of anilines is 1. The Kier molecular flexibility index (Phi) is 8.01. The molecule has 0 spiro atoms. The van der Waals surface area contributed by atoms with Crippen molar-refractivity contribution >= 4 is 11.7 Å². The minimum atomic E-state index is -0.111. The fourth-order valence-corrected chi connectivity index (χ4v) is 2.85. The van der Waals surface area contributed by atoms with Gasteiger partial charge in [-0.25, -0.2) is 4.79 Å². The molecule has 2 atom stereocenters. The Morgan fingerprint density at radius 2 is 1.72 bits per heavy atom. The Morgan fingerprint density at radius 3 is 2.36 bits per heavy atom. The number of para-hydroxylation sites is 1. The molecule has 25 heavy (non-hydrogen) atoms. The van der Waals surface area contributed by atoms with Gasteiger partial charge < -0.3 is 20.7 Å². The number of carbonyl (C=O) groups excluding carboxylic acids is 1. The van der Waals surface area contributed by atoms with Crippen molar-refractivity contribution in [1.29, 1.82) is 0 Å². The van der Waals surface area contributed by atoms with E-state index in [0.717, 1.165) is 32.0 Å². The average Bonchev–Trinajstić information content (AvgIpc) is 2.64. The third kappa shape index (κ3) is 6.92. The van der Waals surface area contributed by atoms with Crippen LogP contribution in [0.5, 0.6) is 0 Å². The highest BCUT2D eigenvalue weighted by molar-refractivity contribution is 5.73. The molecular weight excluding hydrogens is 316 g/mol. The standard InChI is InChI=1S/C19H32N4O2/c1-15(2)18(22-17-7-5-4-6-8-17)14-21-19(24)20-13-16(3)23-9-11-25-12-10-23/h4-8,15-16,18,22H,9-14H2,1-3H3,(H2,20,21,24). The van der Waals surface area contributed by atoms with Gasteiger partial charge in [0.1, 0.15) is 0 Å². The molecule has 2 unspecified atom stereocenters. The fourth-order valence-electron chi connectivity index (χ4n) is 2.85. The van der Waals surface area contributed by atoms with Crippen molar-refractivity contribution in [2.45, 2.75) is 32.9 Å². The monoisotopic (exact) mass is 348 g/mol. The largest absolute Gasteiger partial charge is 0.380 e. The minimum absolute atomic E-state index is 0.111. The van der Waals surface area contributed by atoms with Gasteiger partial charge >= 0.3 is 6.03 Å². The number of hydrogen-bond acceptors (Lipinski definition) is 4. The maximum absolute atomic E-state index is 12.1. The van der Waals surface area contributed by atoms with Gasteiger partial charge in [0.25, 0.3) is 0 Å². The molecule has 0 bridgehead atoms. The van der Waals surface area contributed by atoms with Crippen LogP contribution in [0.25, 0.3) is 0 Å². The van der Waals surface area contributed by atoms with Crippen molar-refractivity contribution in [3.63, 3.8) is 0 Å². The van der Waals surface area contributed by atoms with Gasteiger partial charge in [-0.3, -0.25) is 4.90 Å². The van der Waals surface area contributed by atoms with Gasteiger partial charge in [-0.15, -0.1) is 0 Å². The molecule has 140 valence electrons.